The Morgan fingerprint density at radius 2 is 1.92 bits per heavy atom. The third kappa shape index (κ3) is 4.01. The van der Waals surface area contributed by atoms with Crippen molar-refractivity contribution in [2.45, 2.75) is 12.6 Å². The van der Waals surface area contributed by atoms with E-state index in [4.69, 9.17) is 11.3 Å². The Morgan fingerprint density at radius 1 is 1.11 bits per heavy atom. The molecular weight excluding hydrogens is 472 g/mol. The van der Waals surface area contributed by atoms with Crippen molar-refractivity contribution in [2.75, 3.05) is 45.2 Å². The fourth-order valence-electron chi connectivity index (χ4n) is 5.57. The zero-order valence-corrected chi connectivity index (χ0v) is 20.7. The topological polar surface area (TPSA) is 47.9 Å². The van der Waals surface area contributed by atoms with Gasteiger partial charge in [-0.15, -0.1) is 0 Å². The molecule has 37 heavy (non-hydrogen) atoms. The van der Waals surface area contributed by atoms with Crippen LogP contribution >= 0.6 is 0 Å². The molecule has 188 valence electrons. The first-order chi connectivity index (χ1) is 18.0. The molecule has 1 atom stereocenters. The SMILES string of the molecule is [C-]#[N+]c1cc2[nH]cc(-c3ccc4c(c3)OCC3CN(C)CCN43)c2cc1-c1c(F)cc(CNC)cc1F. The maximum atomic E-state index is 15.1. The van der Waals surface area contributed by atoms with Crippen LogP contribution in [0.15, 0.2) is 48.7 Å². The zero-order valence-electron chi connectivity index (χ0n) is 20.7. The average Bonchev–Trinajstić information content (AvgIpc) is 3.30. The minimum absolute atomic E-state index is 0.185. The molecule has 1 aromatic heterocycles. The third-order valence-electron chi connectivity index (χ3n) is 7.37. The smallest absolute Gasteiger partial charge is 0.197 e. The summed E-state index contributed by atoms with van der Waals surface area (Å²) in [6.45, 7) is 11.6. The number of ether oxygens (including phenoxy) is 1. The standard InChI is InChI=1S/C29H27F2N5O/c1-32-13-17-8-23(30)29(24(31)9-17)21-11-20-22(14-34-26(20)12-25(21)33-2)18-4-5-27-28(10-18)37-16-19-15-35(3)6-7-36(19)27/h4-5,8-12,14,19,32,34H,6-7,13,15-16H2,1,3H3. The summed E-state index contributed by atoms with van der Waals surface area (Å²) in [4.78, 5) is 11.5. The summed E-state index contributed by atoms with van der Waals surface area (Å²) in [6, 6.07) is 12.5. The zero-order chi connectivity index (χ0) is 25.7. The van der Waals surface area contributed by atoms with Crippen LogP contribution in [-0.4, -0.2) is 56.3 Å². The highest BCUT2D eigenvalue weighted by atomic mass is 19.1. The summed E-state index contributed by atoms with van der Waals surface area (Å²) in [6.07, 6.45) is 1.87. The van der Waals surface area contributed by atoms with Crippen LogP contribution < -0.4 is 15.0 Å². The number of halogens is 2. The summed E-state index contributed by atoms with van der Waals surface area (Å²) in [5.41, 5.74) is 4.39. The van der Waals surface area contributed by atoms with Gasteiger partial charge in [0.25, 0.3) is 0 Å². The Kier molecular flexibility index (Phi) is 5.82. The molecule has 0 bridgehead atoms. The number of nitrogens with zero attached hydrogens (tertiary/aromatic N) is 3. The van der Waals surface area contributed by atoms with E-state index in [1.165, 1.54) is 12.1 Å². The van der Waals surface area contributed by atoms with E-state index in [9.17, 15) is 0 Å². The van der Waals surface area contributed by atoms with Gasteiger partial charge in [0.05, 0.1) is 18.3 Å². The average molecular weight is 500 g/mol. The number of hydrogen-bond donors (Lipinski definition) is 2. The van der Waals surface area contributed by atoms with Crippen molar-refractivity contribution in [2.24, 2.45) is 0 Å². The van der Waals surface area contributed by atoms with Crippen LogP contribution in [0, 0.1) is 18.2 Å². The van der Waals surface area contributed by atoms with Gasteiger partial charge >= 0.3 is 0 Å². The Balaban J connectivity index is 1.44. The lowest BCUT2D eigenvalue weighted by atomic mass is 9.96. The Bertz CT molecular complexity index is 1530. The van der Waals surface area contributed by atoms with Gasteiger partial charge in [-0.3, -0.25) is 0 Å². The number of aromatic amines is 1. The number of anilines is 1. The molecule has 1 saturated heterocycles. The second-order valence-electron chi connectivity index (χ2n) is 9.80. The van der Waals surface area contributed by atoms with E-state index in [1.807, 2.05) is 12.3 Å². The summed E-state index contributed by atoms with van der Waals surface area (Å²) < 4.78 is 36.4. The maximum Gasteiger partial charge on any atom is 0.197 e. The molecule has 4 aromatic rings. The van der Waals surface area contributed by atoms with Crippen molar-refractivity contribution < 1.29 is 13.5 Å². The maximum absolute atomic E-state index is 15.1. The molecule has 3 heterocycles. The van der Waals surface area contributed by atoms with Gasteiger partial charge in [-0.2, -0.15) is 0 Å². The Labute approximate surface area is 214 Å². The van der Waals surface area contributed by atoms with E-state index in [1.54, 1.807) is 19.2 Å². The molecule has 1 fully saturated rings. The highest BCUT2D eigenvalue weighted by molar-refractivity contribution is 6.02. The van der Waals surface area contributed by atoms with E-state index in [0.717, 1.165) is 53.1 Å². The molecule has 2 N–H and O–H groups in total. The molecule has 2 aliphatic rings. The Hall–Kier alpha value is -3.93. The van der Waals surface area contributed by atoms with Gasteiger partial charge < -0.3 is 24.8 Å². The second-order valence-corrected chi connectivity index (χ2v) is 9.80. The summed E-state index contributed by atoms with van der Waals surface area (Å²) >= 11 is 0. The molecule has 2 aliphatic heterocycles. The highest BCUT2D eigenvalue weighted by Gasteiger charge is 2.32. The summed E-state index contributed by atoms with van der Waals surface area (Å²) in [5.74, 6) is -0.533. The van der Waals surface area contributed by atoms with Crippen LogP contribution in [-0.2, 0) is 6.54 Å². The number of rotatable bonds is 4. The summed E-state index contributed by atoms with van der Waals surface area (Å²) in [5, 5.41) is 3.69. The predicted molar refractivity (Wildman–Crippen MR) is 142 cm³/mol. The Morgan fingerprint density at radius 3 is 2.68 bits per heavy atom. The number of benzene rings is 3. The van der Waals surface area contributed by atoms with Gasteiger partial charge in [0.15, 0.2) is 5.69 Å². The molecule has 0 radical (unpaired) electrons. The normalized spacial score (nSPS) is 17.3. The molecule has 0 saturated carbocycles. The monoisotopic (exact) mass is 499 g/mol. The molecule has 8 heteroatoms. The fourth-order valence-corrected chi connectivity index (χ4v) is 5.57. The number of nitrogens with one attached hydrogen (secondary N) is 2. The highest BCUT2D eigenvalue weighted by Crippen LogP contribution is 2.43. The molecular formula is C29H27F2N5O. The largest absolute Gasteiger partial charge is 0.489 e. The minimum atomic E-state index is -0.685. The van der Waals surface area contributed by atoms with Crippen LogP contribution in [0.3, 0.4) is 0 Å². The molecule has 1 unspecified atom stereocenters. The number of H-pyrrole nitrogens is 1. The van der Waals surface area contributed by atoms with Crippen molar-refractivity contribution in [3.8, 4) is 28.0 Å². The second kappa shape index (κ2) is 9.18. The lowest BCUT2D eigenvalue weighted by Gasteiger charge is -2.44. The third-order valence-corrected chi connectivity index (χ3v) is 7.37. The van der Waals surface area contributed by atoms with Gasteiger partial charge in [-0.1, -0.05) is 12.1 Å². The molecule has 6 rings (SSSR count). The van der Waals surface area contributed by atoms with Crippen LogP contribution in [0.2, 0.25) is 0 Å². The number of likely N-dealkylation sites (N-methyl/N-ethyl adjacent to an activating group) is 1. The van der Waals surface area contributed by atoms with Crippen LogP contribution in [0.4, 0.5) is 20.2 Å². The molecule has 6 nitrogen and oxygen atoms in total. The van der Waals surface area contributed by atoms with Crippen LogP contribution in [0.25, 0.3) is 38.0 Å². The van der Waals surface area contributed by atoms with Gasteiger partial charge in [-0.05, 0) is 61.1 Å². The number of piperazine rings is 1. The lowest BCUT2D eigenvalue weighted by molar-refractivity contribution is 0.188. The minimum Gasteiger partial charge on any atom is -0.489 e. The predicted octanol–water partition coefficient (Wildman–Crippen LogP) is 5.56. The lowest BCUT2D eigenvalue weighted by Crippen LogP contribution is -2.56. The van der Waals surface area contributed by atoms with Crippen molar-refractivity contribution in [3.63, 3.8) is 0 Å². The quantitative estimate of drug-likeness (QED) is 0.361. The first-order valence-corrected chi connectivity index (χ1v) is 12.3. The molecule has 0 aliphatic carbocycles. The van der Waals surface area contributed by atoms with Crippen molar-refractivity contribution in [1.82, 2.24) is 15.2 Å². The van der Waals surface area contributed by atoms with Crippen molar-refractivity contribution in [3.05, 3.63) is 77.3 Å². The number of hydrogen-bond acceptors (Lipinski definition) is 4. The molecule has 3 aromatic carbocycles. The van der Waals surface area contributed by atoms with Crippen molar-refractivity contribution in [1.29, 1.82) is 0 Å². The van der Waals surface area contributed by atoms with Gasteiger partial charge in [0, 0.05) is 54.4 Å². The first kappa shape index (κ1) is 23.5. The van der Waals surface area contributed by atoms with Crippen LogP contribution in [0.5, 0.6) is 5.75 Å². The van der Waals surface area contributed by atoms with Gasteiger partial charge in [-0.25, -0.2) is 13.6 Å². The van der Waals surface area contributed by atoms with E-state index in [2.05, 4.69) is 44.1 Å². The fraction of sp³-hybridized carbons (Fsp3) is 0.276. The van der Waals surface area contributed by atoms with E-state index >= 15 is 8.78 Å². The van der Waals surface area contributed by atoms with Crippen molar-refractivity contribution >= 4 is 22.3 Å². The summed E-state index contributed by atoms with van der Waals surface area (Å²) in [7, 11) is 3.85. The molecule has 0 spiro atoms. The first-order valence-electron chi connectivity index (χ1n) is 12.3. The van der Waals surface area contributed by atoms with Crippen LogP contribution in [0.1, 0.15) is 5.56 Å². The van der Waals surface area contributed by atoms with E-state index in [0.29, 0.717) is 24.8 Å². The molecule has 0 amide bonds. The van der Waals surface area contributed by atoms with Gasteiger partial charge in [0.1, 0.15) is 24.0 Å². The van der Waals surface area contributed by atoms with E-state index in [-0.39, 0.29) is 16.8 Å². The van der Waals surface area contributed by atoms with E-state index < -0.39 is 11.6 Å². The number of aromatic nitrogens is 1. The number of fused-ring (bicyclic) bond motifs is 4. The van der Waals surface area contributed by atoms with Gasteiger partial charge in [0.2, 0.25) is 0 Å².